The molecule has 4 aromatic rings. The first kappa shape index (κ1) is 34.0. The fourth-order valence-electron chi connectivity index (χ4n) is 5.51. The van der Waals surface area contributed by atoms with E-state index < -0.39 is 96.6 Å². The molecule has 3 fully saturated rings. The molecule has 0 aromatic carbocycles. The minimum Gasteiger partial charge on any atom is -0.756 e. The van der Waals surface area contributed by atoms with Gasteiger partial charge in [-0.05, 0) is 0 Å². The number of aliphatic hydroxyl groups excluding tert-OH is 1. The second-order valence-corrected chi connectivity index (χ2v) is 14.8. The number of anilines is 2. The molecule has 266 valence electrons. The van der Waals surface area contributed by atoms with Gasteiger partial charge in [-0.3, -0.25) is 42.9 Å². The van der Waals surface area contributed by atoms with Crippen molar-refractivity contribution in [1.29, 1.82) is 0 Å². The summed E-state index contributed by atoms with van der Waals surface area (Å²) in [5, 5.41) is 12.8. The Labute approximate surface area is 269 Å². The largest absolute Gasteiger partial charge is 0.756 e. The number of fused-ring (bicyclic) bond motifs is 4. The lowest BCUT2D eigenvalue weighted by atomic mass is 10.1. The van der Waals surface area contributed by atoms with E-state index in [2.05, 4.69) is 29.9 Å². The van der Waals surface area contributed by atoms with Crippen LogP contribution in [0.4, 0.5) is 11.9 Å². The normalized spacial score (nSPS) is 34.3. The van der Waals surface area contributed by atoms with Crippen LogP contribution in [0.2, 0.25) is 0 Å². The Morgan fingerprint density at radius 1 is 0.918 bits per heavy atom. The van der Waals surface area contributed by atoms with Crippen LogP contribution in [0.25, 0.3) is 22.3 Å². The third kappa shape index (κ3) is 6.72. The van der Waals surface area contributed by atoms with Gasteiger partial charge in [-0.2, -0.15) is 9.97 Å². The van der Waals surface area contributed by atoms with Gasteiger partial charge in [0.25, 0.3) is 26.8 Å². The number of rotatable bonds is 4. The molecule has 3 aliphatic rings. The van der Waals surface area contributed by atoms with Crippen LogP contribution in [0.1, 0.15) is 18.9 Å². The molecular weight excluding hydrogens is 729 g/mol. The SMILES string of the molecule is Nc1nc2c(ncn2[C@@H]2O[C@H]3COP(=O)([O-])OC4C[C@H](n5cnc6c(=O)[nH]c(NP(=O)(O)O)nc65)O[C@H]4COP(=O)([O-])OC3[C@@H]2O)c(=O)[nH]1. The molecule has 3 aliphatic heterocycles. The fourth-order valence-corrected chi connectivity index (χ4v) is 7.78. The van der Waals surface area contributed by atoms with Gasteiger partial charge in [0.15, 0.2) is 28.6 Å². The quantitative estimate of drug-likeness (QED) is 0.100. The number of hydrogen-bond donors (Lipinski definition) is 7. The van der Waals surface area contributed by atoms with E-state index in [4.69, 9.17) is 33.3 Å². The zero-order valence-electron chi connectivity index (χ0n) is 24.1. The summed E-state index contributed by atoms with van der Waals surface area (Å²) in [4.78, 5) is 89.1. The number of phosphoric ester groups is 2. The molecule has 0 bridgehead atoms. The molecule has 7 rings (SSSR count). The molecule has 0 saturated carbocycles. The van der Waals surface area contributed by atoms with Crippen LogP contribution in [0.15, 0.2) is 22.2 Å². The number of aromatic amines is 2. The molecule has 3 saturated heterocycles. The van der Waals surface area contributed by atoms with Crippen molar-refractivity contribution in [3.63, 3.8) is 0 Å². The van der Waals surface area contributed by atoms with Gasteiger partial charge in [-0.25, -0.2) is 14.5 Å². The van der Waals surface area contributed by atoms with Gasteiger partial charge in [-0.1, -0.05) is 0 Å². The molecule has 4 aromatic heterocycles. The number of aromatic nitrogens is 8. The second-order valence-electron chi connectivity index (χ2n) is 10.8. The Morgan fingerprint density at radius 3 is 2.22 bits per heavy atom. The molecule has 0 aliphatic carbocycles. The first-order valence-electron chi connectivity index (χ1n) is 13.8. The number of ether oxygens (including phenoxy) is 2. The Hall–Kier alpha value is -3.45. The standard InChI is InChI=1S/C20H25N10O16P3/c21-19-24-14-10(16(32)26-19)23-5-30(14)18-12(31)13-8(44-18)3-42-48(37,38)45-6-1-9(43-7(6)2-41-49(39,40)46-13)29-4-22-11-15(29)25-20(27-17(11)33)28-47(34,35)36/h4-9,12-13,18,31H,1-3H2,(H,37,38)(H,39,40)(H3,21,24,26,32)(H4,25,27,28,33,34,35,36)/p-2/t6?,7-,8-,9+,12-,13?,18+/m0/s1. The molecule has 29 heteroatoms. The van der Waals surface area contributed by atoms with E-state index in [-0.39, 0.29) is 34.7 Å². The van der Waals surface area contributed by atoms with Crippen LogP contribution in [0.3, 0.4) is 0 Å². The first-order valence-corrected chi connectivity index (χ1v) is 18.3. The van der Waals surface area contributed by atoms with Gasteiger partial charge in [0.1, 0.15) is 30.6 Å². The third-order valence-electron chi connectivity index (χ3n) is 7.52. The van der Waals surface area contributed by atoms with E-state index in [0.717, 1.165) is 21.8 Å². The Kier molecular flexibility index (Phi) is 8.40. The highest BCUT2D eigenvalue weighted by Crippen LogP contribution is 2.50. The van der Waals surface area contributed by atoms with Gasteiger partial charge in [0, 0.05) is 6.42 Å². The van der Waals surface area contributed by atoms with Crippen molar-refractivity contribution in [2.24, 2.45) is 0 Å². The predicted octanol–water partition coefficient (Wildman–Crippen LogP) is -3.36. The highest BCUT2D eigenvalue weighted by molar-refractivity contribution is 7.53. The van der Waals surface area contributed by atoms with E-state index in [1.165, 1.54) is 0 Å². The lowest BCUT2D eigenvalue weighted by molar-refractivity contribution is -0.243. The van der Waals surface area contributed by atoms with E-state index >= 15 is 0 Å². The monoisotopic (exact) mass is 752 g/mol. The number of nitrogens with two attached hydrogens (primary N) is 1. The lowest BCUT2D eigenvalue weighted by Gasteiger charge is -2.34. The van der Waals surface area contributed by atoms with Gasteiger partial charge in [-0.15, -0.1) is 0 Å². The smallest absolute Gasteiger partial charge is 0.429 e. The maximum atomic E-state index is 13.0. The Morgan fingerprint density at radius 2 is 1.53 bits per heavy atom. The van der Waals surface area contributed by atoms with Crippen LogP contribution in [-0.4, -0.2) is 97.7 Å². The second kappa shape index (κ2) is 12.1. The molecule has 9 atom stereocenters. The molecule has 0 radical (unpaired) electrons. The Bertz CT molecular complexity index is 2200. The summed E-state index contributed by atoms with van der Waals surface area (Å²) in [7, 11) is -15.5. The van der Waals surface area contributed by atoms with E-state index in [1.54, 1.807) is 5.09 Å². The molecule has 26 nitrogen and oxygen atoms in total. The summed E-state index contributed by atoms with van der Waals surface area (Å²) in [6, 6.07) is 0. The van der Waals surface area contributed by atoms with Crippen molar-refractivity contribution < 1.29 is 65.9 Å². The molecule has 49 heavy (non-hydrogen) atoms. The van der Waals surface area contributed by atoms with Gasteiger partial charge in [0.2, 0.25) is 11.9 Å². The van der Waals surface area contributed by atoms with Crippen LogP contribution >= 0.6 is 23.4 Å². The summed E-state index contributed by atoms with van der Waals surface area (Å²) in [6.07, 6.45) is -9.16. The van der Waals surface area contributed by atoms with Crippen LogP contribution < -0.4 is 31.7 Å². The minimum atomic E-state index is -5.35. The molecule has 0 spiro atoms. The number of nitrogens with zero attached hydrogens (tertiary/aromatic N) is 6. The van der Waals surface area contributed by atoms with Crippen molar-refractivity contribution in [3.05, 3.63) is 33.4 Å². The van der Waals surface area contributed by atoms with E-state index in [1.807, 2.05) is 0 Å². The molecule has 8 N–H and O–H groups in total. The molecule has 0 amide bonds. The first-order chi connectivity index (χ1) is 23.0. The number of nitrogens with one attached hydrogen (secondary N) is 3. The van der Waals surface area contributed by atoms with Crippen LogP contribution in [-0.2, 0) is 41.3 Å². The van der Waals surface area contributed by atoms with Crippen LogP contribution in [0.5, 0.6) is 0 Å². The fraction of sp³-hybridized carbons (Fsp3) is 0.500. The van der Waals surface area contributed by atoms with Gasteiger partial charge in [0.05, 0.1) is 32.0 Å². The summed E-state index contributed by atoms with van der Waals surface area (Å²) >= 11 is 0. The number of phosphoric acid groups is 2. The van der Waals surface area contributed by atoms with Crippen molar-refractivity contribution in [1.82, 2.24) is 39.0 Å². The van der Waals surface area contributed by atoms with Crippen LogP contribution in [0, 0.1) is 0 Å². The minimum absolute atomic E-state index is 0.151. The van der Waals surface area contributed by atoms with Crippen molar-refractivity contribution in [2.75, 3.05) is 24.0 Å². The number of imidazole rings is 2. The van der Waals surface area contributed by atoms with Gasteiger partial charge < -0.3 is 58.0 Å². The zero-order chi connectivity index (χ0) is 35.0. The van der Waals surface area contributed by atoms with E-state index in [9.17, 15) is 48.0 Å². The molecule has 4 unspecified atom stereocenters. The number of nitrogen functional groups attached to an aromatic ring is 1. The maximum Gasteiger partial charge on any atom is 0.429 e. The average molecular weight is 752 g/mol. The van der Waals surface area contributed by atoms with E-state index in [0.29, 0.717) is 0 Å². The number of aliphatic hydroxyl groups is 1. The predicted molar refractivity (Wildman–Crippen MR) is 152 cm³/mol. The lowest BCUT2D eigenvalue weighted by Crippen LogP contribution is -2.39. The van der Waals surface area contributed by atoms with Crippen molar-refractivity contribution >= 4 is 57.6 Å². The Balaban J connectivity index is 1.15. The average Bonchev–Trinajstić information content (AvgIpc) is 3.75. The summed E-state index contributed by atoms with van der Waals surface area (Å²) in [5.41, 5.74) is 3.13. The summed E-state index contributed by atoms with van der Waals surface area (Å²) in [5.74, 6) is -0.923. The third-order valence-corrected chi connectivity index (χ3v) is 9.98. The summed E-state index contributed by atoms with van der Waals surface area (Å²) < 4.78 is 71.4. The number of H-pyrrole nitrogens is 2. The molecule has 7 heterocycles. The summed E-state index contributed by atoms with van der Waals surface area (Å²) in [6.45, 7) is -1.82. The highest BCUT2D eigenvalue weighted by atomic mass is 31.2. The highest BCUT2D eigenvalue weighted by Gasteiger charge is 2.49. The van der Waals surface area contributed by atoms with Crippen molar-refractivity contribution in [3.8, 4) is 0 Å². The maximum absolute atomic E-state index is 13.0. The number of hydrogen-bond acceptors (Lipinski definition) is 19. The zero-order valence-corrected chi connectivity index (χ0v) is 26.8. The van der Waals surface area contributed by atoms with Gasteiger partial charge >= 0.3 is 7.75 Å². The van der Waals surface area contributed by atoms with Crippen molar-refractivity contribution in [2.45, 2.75) is 49.4 Å². The topological polar surface area (TPSA) is 379 Å². The molecular formula is C20H23N10O16P3-2.